The van der Waals surface area contributed by atoms with Gasteiger partial charge in [0.25, 0.3) is 0 Å². The van der Waals surface area contributed by atoms with Crippen LogP contribution in [0.4, 0.5) is 11.4 Å². The lowest BCUT2D eigenvalue weighted by Gasteiger charge is -2.17. The van der Waals surface area contributed by atoms with Crippen LogP contribution in [0.1, 0.15) is 22.9 Å². The fourth-order valence-electron chi connectivity index (χ4n) is 2.42. The van der Waals surface area contributed by atoms with Gasteiger partial charge in [0, 0.05) is 4.88 Å². The molecule has 0 spiro atoms. The van der Waals surface area contributed by atoms with Crippen molar-refractivity contribution in [1.82, 2.24) is 5.32 Å². The summed E-state index contributed by atoms with van der Waals surface area (Å²) in [5.41, 5.74) is 2.31. The molecule has 1 aliphatic rings. The Balaban J connectivity index is 1.98. The molecule has 1 atom stereocenters. The van der Waals surface area contributed by atoms with Crippen LogP contribution >= 0.6 is 11.3 Å². The minimum Gasteiger partial charge on any atom is -0.324 e. The summed E-state index contributed by atoms with van der Waals surface area (Å²) in [4.78, 5) is 24.4. The molecule has 0 radical (unpaired) electrons. The number of amides is 2. The van der Waals surface area contributed by atoms with Gasteiger partial charge in [-0.15, -0.1) is 11.3 Å². The van der Waals surface area contributed by atoms with Gasteiger partial charge in [-0.3, -0.25) is 9.59 Å². The second kappa shape index (κ2) is 5.67. The van der Waals surface area contributed by atoms with Gasteiger partial charge in [-0.05, 0) is 36.2 Å². The van der Waals surface area contributed by atoms with Crippen molar-refractivity contribution in [3.05, 3.63) is 46.2 Å². The molecule has 0 fully saturated rings. The zero-order chi connectivity index (χ0) is 14.8. The molecule has 1 unspecified atom stereocenters. The van der Waals surface area contributed by atoms with E-state index in [2.05, 4.69) is 22.0 Å². The number of hydrogen-bond acceptors (Lipinski definition) is 4. The summed E-state index contributed by atoms with van der Waals surface area (Å²) < 4.78 is 0. The molecule has 21 heavy (non-hydrogen) atoms. The minimum absolute atomic E-state index is 0.0613. The predicted octanol–water partition coefficient (Wildman–Crippen LogP) is 2.34. The highest BCUT2D eigenvalue weighted by Crippen LogP contribution is 2.32. The van der Waals surface area contributed by atoms with Crippen LogP contribution in [-0.2, 0) is 9.59 Å². The van der Waals surface area contributed by atoms with Gasteiger partial charge in [-0.1, -0.05) is 12.1 Å². The standard InChI is InChI=1S/C15H15N3O2S/c1-16-15(12-3-2-6-21-12)9-4-5-10-11(7-9)18-14(20)8-13(19)17-10/h2-7,15-16H,8H2,1H3,(H,17,19)(H,18,20). The topological polar surface area (TPSA) is 70.2 Å². The molecule has 0 saturated carbocycles. The van der Waals surface area contributed by atoms with Gasteiger partial charge in [0.1, 0.15) is 6.42 Å². The second-order valence-corrected chi connectivity index (χ2v) is 5.79. The molecule has 3 rings (SSSR count). The average Bonchev–Trinajstić information content (AvgIpc) is 2.91. The number of hydrogen-bond donors (Lipinski definition) is 3. The summed E-state index contributed by atoms with van der Waals surface area (Å²) in [7, 11) is 1.90. The van der Waals surface area contributed by atoms with Crippen molar-refractivity contribution in [2.45, 2.75) is 12.5 Å². The van der Waals surface area contributed by atoms with Gasteiger partial charge in [0.15, 0.2) is 0 Å². The molecule has 2 heterocycles. The van der Waals surface area contributed by atoms with Crippen LogP contribution < -0.4 is 16.0 Å². The van der Waals surface area contributed by atoms with Crippen molar-refractivity contribution in [3.8, 4) is 0 Å². The lowest BCUT2D eigenvalue weighted by atomic mass is 10.0. The number of anilines is 2. The molecular formula is C15H15N3O2S. The van der Waals surface area contributed by atoms with Crippen LogP contribution in [-0.4, -0.2) is 18.9 Å². The van der Waals surface area contributed by atoms with E-state index in [9.17, 15) is 9.59 Å². The largest absolute Gasteiger partial charge is 0.324 e. The molecule has 2 aromatic rings. The van der Waals surface area contributed by atoms with Gasteiger partial charge in [-0.2, -0.15) is 0 Å². The third-order valence-electron chi connectivity index (χ3n) is 3.36. The summed E-state index contributed by atoms with van der Waals surface area (Å²) >= 11 is 1.67. The SMILES string of the molecule is CNC(c1ccc2c(c1)NC(=O)CC(=O)N2)c1cccs1. The van der Waals surface area contributed by atoms with E-state index in [0.29, 0.717) is 11.4 Å². The third-order valence-corrected chi connectivity index (χ3v) is 4.30. The van der Waals surface area contributed by atoms with Gasteiger partial charge in [0.05, 0.1) is 17.4 Å². The van der Waals surface area contributed by atoms with Gasteiger partial charge >= 0.3 is 0 Å². The van der Waals surface area contributed by atoms with Crippen molar-refractivity contribution < 1.29 is 9.59 Å². The number of thiophene rings is 1. The number of benzene rings is 1. The molecule has 3 N–H and O–H groups in total. The monoisotopic (exact) mass is 301 g/mol. The van der Waals surface area contributed by atoms with Crippen LogP contribution in [0, 0.1) is 0 Å². The van der Waals surface area contributed by atoms with Crippen LogP contribution in [0.25, 0.3) is 0 Å². The van der Waals surface area contributed by atoms with Crippen molar-refractivity contribution in [3.63, 3.8) is 0 Å². The Hall–Kier alpha value is -2.18. The van der Waals surface area contributed by atoms with E-state index in [1.165, 1.54) is 4.88 Å². The molecule has 1 aromatic carbocycles. The van der Waals surface area contributed by atoms with Gasteiger partial charge < -0.3 is 16.0 Å². The predicted molar refractivity (Wildman–Crippen MR) is 83.5 cm³/mol. The zero-order valence-electron chi connectivity index (χ0n) is 11.5. The fourth-order valence-corrected chi connectivity index (χ4v) is 3.28. The highest BCUT2D eigenvalue weighted by Gasteiger charge is 2.20. The highest BCUT2D eigenvalue weighted by molar-refractivity contribution is 7.10. The Morgan fingerprint density at radius 3 is 2.57 bits per heavy atom. The zero-order valence-corrected chi connectivity index (χ0v) is 12.3. The van der Waals surface area contributed by atoms with Crippen molar-refractivity contribution in [2.75, 3.05) is 17.7 Å². The maximum Gasteiger partial charge on any atom is 0.233 e. The molecule has 1 aromatic heterocycles. The van der Waals surface area contributed by atoms with Gasteiger partial charge in [0.2, 0.25) is 11.8 Å². The molecule has 0 aliphatic carbocycles. The smallest absolute Gasteiger partial charge is 0.233 e. The maximum absolute atomic E-state index is 11.7. The van der Waals surface area contributed by atoms with Crippen LogP contribution in [0.3, 0.4) is 0 Å². The first kappa shape index (κ1) is 13.8. The number of fused-ring (bicyclic) bond motifs is 1. The Labute approximate surface area is 126 Å². The molecule has 6 heteroatoms. The maximum atomic E-state index is 11.7. The van der Waals surface area contributed by atoms with Crippen molar-refractivity contribution in [1.29, 1.82) is 0 Å². The van der Waals surface area contributed by atoms with Crippen LogP contribution in [0.5, 0.6) is 0 Å². The van der Waals surface area contributed by atoms with Crippen LogP contribution in [0.2, 0.25) is 0 Å². The van der Waals surface area contributed by atoms with E-state index in [-0.39, 0.29) is 24.3 Å². The molecular weight excluding hydrogens is 286 g/mol. The molecule has 1 aliphatic heterocycles. The normalized spacial score (nSPS) is 15.7. The molecule has 2 amide bonds. The summed E-state index contributed by atoms with van der Waals surface area (Å²) in [5, 5.41) is 10.8. The molecule has 0 saturated heterocycles. The van der Waals surface area contributed by atoms with E-state index in [0.717, 1.165) is 5.56 Å². The number of carbonyl (C=O) groups is 2. The minimum atomic E-state index is -0.291. The lowest BCUT2D eigenvalue weighted by molar-refractivity contribution is -0.123. The summed E-state index contributed by atoms with van der Waals surface area (Å²) in [6.45, 7) is 0. The first-order chi connectivity index (χ1) is 10.2. The first-order valence-corrected chi connectivity index (χ1v) is 7.49. The third kappa shape index (κ3) is 2.81. The molecule has 5 nitrogen and oxygen atoms in total. The first-order valence-electron chi connectivity index (χ1n) is 6.61. The summed E-state index contributed by atoms with van der Waals surface area (Å²) in [5.74, 6) is -0.581. The van der Waals surface area contributed by atoms with Crippen molar-refractivity contribution in [2.24, 2.45) is 0 Å². The number of carbonyl (C=O) groups excluding carboxylic acids is 2. The molecule has 108 valence electrons. The van der Waals surface area contributed by atoms with E-state index in [4.69, 9.17) is 0 Å². The van der Waals surface area contributed by atoms with E-state index < -0.39 is 0 Å². The highest BCUT2D eigenvalue weighted by atomic mass is 32.1. The number of nitrogens with one attached hydrogen (secondary N) is 3. The summed E-state index contributed by atoms with van der Waals surface area (Å²) in [6, 6.07) is 9.82. The lowest BCUT2D eigenvalue weighted by Crippen LogP contribution is -2.17. The quantitative estimate of drug-likeness (QED) is 0.762. The van der Waals surface area contributed by atoms with E-state index in [1.54, 1.807) is 11.3 Å². The Morgan fingerprint density at radius 2 is 1.90 bits per heavy atom. The second-order valence-electron chi connectivity index (χ2n) is 4.82. The average molecular weight is 301 g/mol. The van der Waals surface area contributed by atoms with E-state index >= 15 is 0 Å². The molecule has 0 bridgehead atoms. The Morgan fingerprint density at radius 1 is 1.14 bits per heavy atom. The Kier molecular flexibility index (Phi) is 3.72. The fraction of sp³-hybridized carbons (Fsp3) is 0.200. The Bertz CT molecular complexity index is 682. The van der Waals surface area contributed by atoms with Crippen LogP contribution in [0.15, 0.2) is 35.7 Å². The van der Waals surface area contributed by atoms with E-state index in [1.807, 2.05) is 36.7 Å². The summed E-state index contributed by atoms with van der Waals surface area (Å²) in [6.07, 6.45) is -0.148. The number of rotatable bonds is 3. The van der Waals surface area contributed by atoms with Gasteiger partial charge in [-0.25, -0.2) is 0 Å². The van der Waals surface area contributed by atoms with Crippen molar-refractivity contribution >= 4 is 34.5 Å².